The van der Waals surface area contributed by atoms with Gasteiger partial charge in [0.1, 0.15) is 11.5 Å². The largest absolute Gasteiger partial charge is 0.494 e. The van der Waals surface area contributed by atoms with Gasteiger partial charge in [0.2, 0.25) is 5.82 Å². The molecule has 0 aliphatic heterocycles. The molecule has 2 aromatic carbocycles. The van der Waals surface area contributed by atoms with Crippen LogP contribution in [-0.4, -0.2) is 28.9 Å². The Morgan fingerprint density at radius 3 is 2.38 bits per heavy atom. The van der Waals surface area contributed by atoms with Gasteiger partial charge >= 0.3 is 0 Å². The Balaban J connectivity index is 1.64. The summed E-state index contributed by atoms with van der Waals surface area (Å²) in [7, 11) is 0. The van der Waals surface area contributed by atoms with E-state index in [2.05, 4.69) is 29.5 Å². The number of hydrogen-bond donors (Lipinski definition) is 1. The Morgan fingerprint density at radius 1 is 1.03 bits per heavy atom. The van der Waals surface area contributed by atoms with Crippen LogP contribution in [0.3, 0.4) is 0 Å². The van der Waals surface area contributed by atoms with Gasteiger partial charge in [-0.05, 0) is 72.0 Å². The summed E-state index contributed by atoms with van der Waals surface area (Å²) >= 11 is 0. The van der Waals surface area contributed by atoms with E-state index in [1.165, 1.54) is 5.56 Å². The van der Waals surface area contributed by atoms with Crippen molar-refractivity contribution in [2.24, 2.45) is 0 Å². The monoisotopic (exact) mass is 395 g/mol. The first-order valence-corrected chi connectivity index (χ1v) is 9.73. The number of benzene rings is 2. The summed E-state index contributed by atoms with van der Waals surface area (Å²) in [5.41, 5.74) is 2.41. The minimum absolute atomic E-state index is 0.244. The normalized spacial score (nSPS) is 11.7. The molecule has 0 radical (unpaired) electrons. The molecule has 0 saturated carbocycles. The van der Waals surface area contributed by atoms with Crippen LogP contribution in [-0.2, 0) is 11.2 Å². The molecule has 0 aliphatic rings. The van der Waals surface area contributed by atoms with Gasteiger partial charge in [-0.25, -0.2) is 4.63 Å². The van der Waals surface area contributed by atoms with Crippen LogP contribution in [0.1, 0.15) is 32.8 Å². The number of nitrogens with zero attached hydrogens (tertiary/aromatic N) is 2. The SMILES string of the molecule is CCCOc1ccc(-c2nonc2NC(=O)C(C)Oc2ccc(CC)cc2)cc1. The molecule has 7 nitrogen and oxygen atoms in total. The standard InChI is InChI=1S/C22H25N3O4/c1-4-14-27-18-12-8-17(9-13-18)20-21(25-29-24-20)23-22(26)15(3)28-19-10-6-16(5-2)7-11-19/h6-13,15H,4-5,14H2,1-3H3,(H,23,25,26). The van der Waals surface area contributed by atoms with Gasteiger partial charge in [-0.3, -0.25) is 4.79 Å². The summed E-state index contributed by atoms with van der Waals surface area (Å²) in [5, 5.41) is 10.4. The van der Waals surface area contributed by atoms with Crippen LogP contribution in [0.15, 0.2) is 53.2 Å². The van der Waals surface area contributed by atoms with E-state index in [4.69, 9.17) is 14.1 Å². The Hall–Kier alpha value is -3.35. The highest BCUT2D eigenvalue weighted by Crippen LogP contribution is 2.26. The topological polar surface area (TPSA) is 86.5 Å². The fraction of sp³-hybridized carbons (Fsp3) is 0.318. The third-order valence-electron chi connectivity index (χ3n) is 4.34. The lowest BCUT2D eigenvalue weighted by atomic mass is 10.1. The molecule has 1 amide bonds. The molecular formula is C22H25N3O4. The number of rotatable bonds is 9. The van der Waals surface area contributed by atoms with Crippen molar-refractivity contribution >= 4 is 11.7 Å². The van der Waals surface area contributed by atoms with Crippen molar-refractivity contribution in [2.75, 3.05) is 11.9 Å². The Morgan fingerprint density at radius 2 is 1.72 bits per heavy atom. The van der Waals surface area contributed by atoms with Crippen LogP contribution < -0.4 is 14.8 Å². The zero-order chi connectivity index (χ0) is 20.6. The number of nitrogens with one attached hydrogen (secondary N) is 1. The van der Waals surface area contributed by atoms with Crippen LogP contribution >= 0.6 is 0 Å². The molecule has 1 N–H and O–H groups in total. The smallest absolute Gasteiger partial charge is 0.266 e. The molecule has 0 fully saturated rings. The fourth-order valence-electron chi connectivity index (χ4n) is 2.67. The molecule has 0 spiro atoms. The first-order valence-electron chi connectivity index (χ1n) is 9.73. The fourth-order valence-corrected chi connectivity index (χ4v) is 2.67. The van der Waals surface area contributed by atoms with E-state index in [0.717, 1.165) is 24.2 Å². The van der Waals surface area contributed by atoms with Gasteiger partial charge in [-0.15, -0.1) is 0 Å². The first kappa shape index (κ1) is 20.4. The number of aryl methyl sites for hydroxylation is 1. The highest BCUT2D eigenvalue weighted by molar-refractivity contribution is 5.95. The van der Waals surface area contributed by atoms with Crippen LogP contribution in [0.5, 0.6) is 11.5 Å². The predicted octanol–water partition coefficient (Wildman–Crippen LogP) is 4.49. The number of carbonyl (C=O) groups excluding carboxylic acids is 1. The van der Waals surface area contributed by atoms with Crippen molar-refractivity contribution in [3.63, 3.8) is 0 Å². The van der Waals surface area contributed by atoms with E-state index < -0.39 is 6.10 Å². The highest BCUT2D eigenvalue weighted by atomic mass is 16.6. The molecule has 0 aliphatic carbocycles. The van der Waals surface area contributed by atoms with E-state index in [-0.39, 0.29) is 11.7 Å². The van der Waals surface area contributed by atoms with E-state index in [0.29, 0.717) is 18.1 Å². The van der Waals surface area contributed by atoms with Crippen molar-refractivity contribution in [3.8, 4) is 22.8 Å². The molecule has 152 valence electrons. The van der Waals surface area contributed by atoms with Gasteiger partial charge in [-0.2, -0.15) is 0 Å². The lowest BCUT2D eigenvalue weighted by molar-refractivity contribution is -0.122. The maximum Gasteiger partial charge on any atom is 0.266 e. The zero-order valence-corrected chi connectivity index (χ0v) is 16.8. The zero-order valence-electron chi connectivity index (χ0n) is 16.8. The third-order valence-corrected chi connectivity index (χ3v) is 4.34. The van der Waals surface area contributed by atoms with Crippen LogP contribution in [0, 0.1) is 0 Å². The second-order valence-corrected chi connectivity index (χ2v) is 6.58. The van der Waals surface area contributed by atoms with Gasteiger partial charge in [0.15, 0.2) is 11.8 Å². The number of hydrogen-bond acceptors (Lipinski definition) is 6. The summed E-state index contributed by atoms with van der Waals surface area (Å²) in [6.45, 7) is 6.47. The van der Waals surface area contributed by atoms with Crippen LogP contribution in [0.2, 0.25) is 0 Å². The minimum Gasteiger partial charge on any atom is -0.494 e. The molecule has 1 aromatic heterocycles. The van der Waals surface area contributed by atoms with Crippen molar-refractivity contribution in [3.05, 3.63) is 54.1 Å². The number of aromatic nitrogens is 2. The number of carbonyl (C=O) groups is 1. The predicted molar refractivity (Wildman–Crippen MR) is 110 cm³/mol. The van der Waals surface area contributed by atoms with E-state index in [1.807, 2.05) is 48.5 Å². The second-order valence-electron chi connectivity index (χ2n) is 6.58. The van der Waals surface area contributed by atoms with E-state index in [9.17, 15) is 4.79 Å². The summed E-state index contributed by atoms with van der Waals surface area (Å²) in [6.07, 6.45) is 1.18. The molecular weight excluding hydrogens is 370 g/mol. The Kier molecular flexibility index (Phi) is 6.84. The van der Waals surface area contributed by atoms with Crippen LogP contribution in [0.4, 0.5) is 5.82 Å². The molecule has 3 aromatic rings. The Labute approximate surface area is 170 Å². The summed E-state index contributed by atoms with van der Waals surface area (Å²) < 4.78 is 16.1. The average molecular weight is 395 g/mol. The van der Waals surface area contributed by atoms with Crippen molar-refractivity contribution in [1.82, 2.24) is 10.3 Å². The minimum atomic E-state index is -0.711. The lowest BCUT2D eigenvalue weighted by Crippen LogP contribution is -2.30. The van der Waals surface area contributed by atoms with Crippen molar-refractivity contribution < 1.29 is 18.9 Å². The number of amides is 1. The van der Waals surface area contributed by atoms with Crippen LogP contribution in [0.25, 0.3) is 11.3 Å². The van der Waals surface area contributed by atoms with Crippen molar-refractivity contribution in [1.29, 1.82) is 0 Å². The molecule has 7 heteroatoms. The highest BCUT2D eigenvalue weighted by Gasteiger charge is 2.20. The maximum atomic E-state index is 12.5. The third kappa shape index (κ3) is 5.34. The summed E-state index contributed by atoms with van der Waals surface area (Å²) in [6, 6.07) is 15.0. The van der Waals surface area contributed by atoms with E-state index >= 15 is 0 Å². The quantitative estimate of drug-likeness (QED) is 0.574. The molecule has 1 atom stereocenters. The molecule has 1 heterocycles. The number of anilines is 1. The van der Waals surface area contributed by atoms with Gasteiger partial charge in [0.25, 0.3) is 5.91 Å². The molecule has 0 bridgehead atoms. The van der Waals surface area contributed by atoms with Gasteiger partial charge in [0.05, 0.1) is 6.61 Å². The van der Waals surface area contributed by atoms with Gasteiger partial charge in [0, 0.05) is 5.56 Å². The second kappa shape index (κ2) is 9.73. The maximum absolute atomic E-state index is 12.5. The molecule has 3 rings (SSSR count). The van der Waals surface area contributed by atoms with Gasteiger partial charge in [-0.1, -0.05) is 26.0 Å². The van der Waals surface area contributed by atoms with E-state index in [1.54, 1.807) is 6.92 Å². The summed E-state index contributed by atoms with van der Waals surface area (Å²) in [4.78, 5) is 12.5. The number of ether oxygens (including phenoxy) is 2. The van der Waals surface area contributed by atoms with Crippen molar-refractivity contribution in [2.45, 2.75) is 39.7 Å². The van der Waals surface area contributed by atoms with Gasteiger partial charge < -0.3 is 14.8 Å². The summed E-state index contributed by atoms with van der Waals surface area (Å²) in [5.74, 6) is 1.30. The first-order chi connectivity index (χ1) is 14.1. The molecule has 1 unspecified atom stereocenters. The Bertz CT molecular complexity index is 920. The lowest BCUT2D eigenvalue weighted by Gasteiger charge is -2.14. The molecule has 29 heavy (non-hydrogen) atoms. The average Bonchev–Trinajstić information content (AvgIpc) is 3.21. The molecule has 0 saturated heterocycles.